The monoisotopic (exact) mass is 163 g/mol. The maximum Gasteiger partial charge on any atom is 0.214 e. The number of rotatable bonds is 2. The van der Waals surface area contributed by atoms with Crippen molar-refractivity contribution in [2.24, 2.45) is 5.73 Å². The van der Waals surface area contributed by atoms with Crippen molar-refractivity contribution in [3.63, 3.8) is 0 Å². The number of aromatic nitrogens is 1. The van der Waals surface area contributed by atoms with Gasteiger partial charge in [0.1, 0.15) is 11.8 Å². The van der Waals surface area contributed by atoms with E-state index in [0.717, 1.165) is 5.56 Å². The minimum atomic E-state index is 0.329. The Morgan fingerprint density at radius 1 is 1.67 bits per heavy atom. The molecule has 0 unspecified atom stereocenters. The maximum absolute atomic E-state index is 8.57. The van der Waals surface area contributed by atoms with Crippen LogP contribution in [0.1, 0.15) is 11.3 Å². The summed E-state index contributed by atoms with van der Waals surface area (Å²) < 4.78 is 4.88. The molecule has 0 saturated carbocycles. The third-order valence-electron chi connectivity index (χ3n) is 1.42. The molecule has 0 aromatic carbocycles. The van der Waals surface area contributed by atoms with Crippen molar-refractivity contribution >= 4 is 0 Å². The zero-order valence-electron chi connectivity index (χ0n) is 6.74. The number of pyridine rings is 1. The molecule has 0 bridgehead atoms. The quantitative estimate of drug-likeness (QED) is 0.685. The smallest absolute Gasteiger partial charge is 0.214 e. The molecule has 0 radical (unpaired) electrons. The molecule has 0 aliphatic heterocycles. The van der Waals surface area contributed by atoms with Gasteiger partial charge >= 0.3 is 0 Å². The van der Waals surface area contributed by atoms with E-state index in [9.17, 15) is 0 Å². The SMILES string of the molecule is COc1cc(CN)cc(C#N)n1. The van der Waals surface area contributed by atoms with Crippen LogP contribution in [0.3, 0.4) is 0 Å². The lowest BCUT2D eigenvalue weighted by Crippen LogP contribution is -1.99. The molecule has 1 rings (SSSR count). The predicted octanol–water partition coefficient (Wildman–Crippen LogP) is 0.421. The largest absolute Gasteiger partial charge is 0.481 e. The summed E-state index contributed by atoms with van der Waals surface area (Å²) in [5, 5.41) is 8.57. The van der Waals surface area contributed by atoms with Crippen LogP contribution >= 0.6 is 0 Å². The van der Waals surface area contributed by atoms with Crippen molar-refractivity contribution < 1.29 is 4.74 Å². The summed E-state index contributed by atoms with van der Waals surface area (Å²) in [5.74, 6) is 0.425. The highest BCUT2D eigenvalue weighted by Gasteiger charge is 2.00. The van der Waals surface area contributed by atoms with E-state index in [1.54, 1.807) is 12.1 Å². The topological polar surface area (TPSA) is 71.9 Å². The van der Waals surface area contributed by atoms with Crippen LogP contribution in [0.5, 0.6) is 5.88 Å². The van der Waals surface area contributed by atoms with Gasteiger partial charge in [0.25, 0.3) is 0 Å². The molecular formula is C8H9N3O. The summed E-state index contributed by atoms with van der Waals surface area (Å²) in [7, 11) is 1.50. The van der Waals surface area contributed by atoms with Crippen molar-refractivity contribution in [3.8, 4) is 11.9 Å². The third-order valence-corrected chi connectivity index (χ3v) is 1.42. The number of hydrogen-bond acceptors (Lipinski definition) is 4. The van der Waals surface area contributed by atoms with E-state index in [2.05, 4.69) is 4.98 Å². The van der Waals surface area contributed by atoms with Gasteiger partial charge in [-0.3, -0.25) is 0 Å². The third kappa shape index (κ3) is 1.71. The number of nitriles is 1. The van der Waals surface area contributed by atoms with E-state index in [1.165, 1.54) is 7.11 Å². The summed E-state index contributed by atoms with van der Waals surface area (Å²) in [6.07, 6.45) is 0. The molecule has 4 nitrogen and oxygen atoms in total. The van der Waals surface area contributed by atoms with Gasteiger partial charge in [0, 0.05) is 12.6 Å². The Bertz CT molecular complexity index is 294. The Labute approximate surface area is 70.6 Å². The summed E-state index contributed by atoms with van der Waals surface area (Å²) >= 11 is 0. The van der Waals surface area contributed by atoms with Crippen LogP contribution in [-0.4, -0.2) is 12.1 Å². The molecule has 2 N–H and O–H groups in total. The van der Waals surface area contributed by atoms with Gasteiger partial charge in [0.15, 0.2) is 0 Å². The Kier molecular flexibility index (Phi) is 2.62. The number of methoxy groups -OCH3 is 1. The molecule has 62 valence electrons. The minimum Gasteiger partial charge on any atom is -0.481 e. The summed E-state index contributed by atoms with van der Waals surface area (Å²) in [6.45, 7) is 0.382. The highest BCUT2D eigenvalue weighted by Crippen LogP contribution is 2.10. The van der Waals surface area contributed by atoms with Crippen molar-refractivity contribution in [2.75, 3.05) is 7.11 Å². The Balaban J connectivity index is 3.12. The predicted molar refractivity (Wildman–Crippen MR) is 43.4 cm³/mol. The molecular weight excluding hydrogens is 154 g/mol. The van der Waals surface area contributed by atoms with Gasteiger partial charge in [0.05, 0.1) is 7.11 Å². The number of ether oxygens (including phenoxy) is 1. The lowest BCUT2D eigenvalue weighted by Gasteiger charge is -2.01. The Morgan fingerprint density at radius 3 is 2.92 bits per heavy atom. The molecule has 0 spiro atoms. The van der Waals surface area contributed by atoms with Crippen LogP contribution in [0.4, 0.5) is 0 Å². The first-order valence-corrected chi connectivity index (χ1v) is 3.45. The highest BCUT2D eigenvalue weighted by atomic mass is 16.5. The molecule has 12 heavy (non-hydrogen) atoms. The molecule has 0 amide bonds. The van der Waals surface area contributed by atoms with Crippen LogP contribution in [0, 0.1) is 11.3 Å². The second kappa shape index (κ2) is 3.69. The van der Waals surface area contributed by atoms with Crippen molar-refractivity contribution in [2.45, 2.75) is 6.54 Å². The summed E-state index contributed by atoms with van der Waals surface area (Å²) in [5.41, 5.74) is 6.58. The fourth-order valence-electron chi connectivity index (χ4n) is 0.839. The fraction of sp³-hybridized carbons (Fsp3) is 0.250. The molecule has 1 aromatic rings. The van der Waals surface area contributed by atoms with Crippen LogP contribution in [0.15, 0.2) is 12.1 Å². The zero-order chi connectivity index (χ0) is 8.97. The average Bonchev–Trinajstić information content (AvgIpc) is 2.16. The maximum atomic E-state index is 8.57. The number of nitrogens with zero attached hydrogens (tertiary/aromatic N) is 2. The van der Waals surface area contributed by atoms with E-state index < -0.39 is 0 Å². The fourth-order valence-corrected chi connectivity index (χ4v) is 0.839. The molecule has 0 aliphatic carbocycles. The summed E-state index contributed by atoms with van der Waals surface area (Å²) in [6, 6.07) is 5.28. The van der Waals surface area contributed by atoms with Gasteiger partial charge in [-0.15, -0.1) is 0 Å². The van der Waals surface area contributed by atoms with Crippen molar-refractivity contribution in [3.05, 3.63) is 23.4 Å². The Morgan fingerprint density at radius 2 is 2.42 bits per heavy atom. The first-order chi connectivity index (χ1) is 5.80. The van der Waals surface area contributed by atoms with Crippen LogP contribution in [0.2, 0.25) is 0 Å². The van der Waals surface area contributed by atoms with E-state index in [0.29, 0.717) is 18.1 Å². The van der Waals surface area contributed by atoms with Crippen molar-refractivity contribution in [1.29, 1.82) is 5.26 Å². The lowest BCUT2D eigenvalue weighted by atomic mass is 10.2. The molecule has 0 fully saturated rings. The normalized spacial score (nSPS) is 9.08. The average molecular weight is 163 g/mol. The molecule has 0 aliphatic rings. The summed E-state index contributed by atoms with van der Waals surface area (Å²) in [4.78, 5) is 3.88. The van der Waals surface area contributed by atoms with Crippen LogP contribution < -0.4 is 10.5 Å². The lowest BCUT2D eigenvalue weighted by molar-refractivity contribution is 0.397. The minimum absolute atomic E-state index is 0.329. The number of hydrogen-bond donors (Lipinski definition) is 1. The molecule has 4 heteroatoms. The van der Waals surface area contributed by atoms with Gasteiger partial charge in [-0.1, -0.05) is 0 Å². The van der Waals surface area contributed by atoms with Gasteiger partial charge in [-0.25, -0.2) is 4.98 Å². The second-order valence-electron chi connectivity index (χ2n) is 2.22. The van der Waals surface area contributed by atoms with Gasteiger partial charge < -0.3 is 10.5 Å². The van der Waals surface area contributed by atoms with Gasteiger partial charge in [-0.2, -0.15) is 5.26 Å². The molecule has 1 aromatic heterocycles. The van der Waals surface area contributed by atoms with Crippen LogP contribution in [-0.2, 0) is 6.54 Å². The second-order valence-corrected chi connectivity index (χ2v) is 2.22. The van der Waals surface area contributed by atoms with E-state index in [1.807, 2.05) is 6.07 Å². The first kappa shape index (κ1) is 8.50. The van der Waals surface area contributed by atoms with E-state index in [4.69, 9.17) is 15.7 Å². The van der Waals surface area contributed by atoms with Gasteiger partial charge in [-0.05, 0) is 11.6 Å². The van der Waals surface area contributed by atoms with Crippen LogP contribution in [0.25, 0.3) is 0 Å². The Hall–Kier alpha value is -1.60. The standard InChI is InChI=1S/C8H9N3O/c1-12-8-3-6(4-9)2-7(5-10)11-8/h2-3H,4,9H2,1H3. The number of nitrogens with two attached hydrogens (primary N) is 1. The highest BCUT2D eigenvalue weighted by molar-refractivity contribution is 5.31. The van der Waals surface area contributed by atoms with E-state index in [-0.39, 0.29) is 0 Å². The molecule has 0 saturated heterocycles. The molecule has 1 heterocycles. The molecule has 0 atom stereocenters. The zero-order valence-corrected chi connectivity index (χ0v) is 6.74. The first-order valence-electron chi connectivity index (χ1n) is 3.45. The van der Waals surface area contributed by atoms with Gasteiger partial charge in [0.2, 0.25) is 5.88 Å². The van der Waals surface area contributed by atoms with Crippen molar-refractivity contribution in [1.82, 2.24) is 4.98 Å². The van der Waals surface area contributed by atoms with E-state index >= 15 is 0 Å².